The van der Waals surface area contributed by atoms with Crippen LogP contribution in [0.2, 0.25) is 5.02 Å². The lowest BCUT2D eigenvalue weighted by molar-refractivity contribution is -0.125. The lowest BCUT2D eigenvalue weighted by atomic mass is 10.2. The Morgan fingerprint density at radius 1 is 1.20 bits per heavy atom. The molecule has 7 nitrogen and oxygen atoms in total. The van der Waals surface area contributed by atoms with Gasteiger partial charge in [-0.2, -0.15) is 5.10 Å². The molecule has 1 atom stereocenters. The van der Waals surface area contributed by atoms with Gasteiger partial charge in [0.05, 0.1) is 5.52 Å². The first kappa shape index (κ1) is 20.2. The van der Waals surface area contributed by atoms with Gasteiger partial charge in [0, 0.05) is 30.1 Å². The Balaban J connectivity index is 1.70. The average molecular weight is 427 g/mol. The number of rotatable bonds is 6. The molecule has 30 heavy (non-hydrogen) atoms. The normalized spacial score (nSPS) is 12.5. The number of amides is 1. The van der Waals surface area contributed by atoms with Gasteiger partial charge in [-0.15, -0.1) is 0 Å². The summed E-state index contributed by atoms with van der Waals surface area (Å²) in [6.07, 6.45) is 1.04. The van der Waals surface area contributed by atoms with Crippen molar-refractivity contribution in [1.29, 1.82) is 0 Å². The molecule has 0 bridgehead atoms. The quantitative estimate of drug-likeness (QED) is 0.504. The molecule has 0 saturated heterocycles. The summed E-state index contributed by atoms with van der Waals surface area (Å²) in [5.74, 6) is 1.22. The van der Waals surface area contributed by atoms with Gasteiger partial charge in [-0.3, -0.25) is 14.0 Å². The van der Waals surface area contributed by atoms with E-state index in [1.807, 2.05) is 43.4 Å². The molecule has 1 amide bonds. The summed E-state index contributed by atoms with van der Waals surface area (Å²) in [5.41, 5.74) is 2.52. The summed E-state index contributed by atoms with van der Waals surface area (Å²) in [6.45, 7) is 6.05. The fourth-order valence-corrected chi connectivity index (χ4v) is 3.83. The third kappa shape index (κ3) is 3.50. The largest absolute Gasteiger partial charge is 0.460 e. The maximum atomic E-state index is 13.2. The third-order valence-electron chi connectivity index (χ3n) is 5.20. The highest BCUT2D eigenvalue weighted by Gasteiger charge is 2.24. The van der Waals surface area contributed by atoms with E-state index >= 15 is 0 Å². The van der Waals surface area contributed by atoms with E-state index in [9.17, 15) is 9.59 Å². The van der Waals surface area contributed by atoms with Crippen LogP contribution < -0.4 is 10.9 Å². The number of aryl methyl sites for hydroxylation is 2. The summed E-state index contributed by atoms with van der Waals surface area (Å²) >= 11 is 5.91. The number of nitrogens with zero attached hydrogens (tertiary/aromatic N) is 3. The number of furan rings is 1. The first-order valence-electron chi connectivity index (χ1n) is 9.98. The fraction of sp³-hybridized carbons (Fsp3) is 0.318. The van der Waals surface area contributed by atoms with Gasteiger partial charge in [0.1, 0.15) is 23.1 Å². The van der Waals surface area contributed by atoms with E-state index in [0.717, 1.165) is 16.8 Å². The van der Waals surface area contributed by atoms with E-state index in [4.69, 9.17) is 16.0 Å². The summed E-state index contributed by atoms with van der Waals surface area (Å²) in [7, 11) is 0. The summed E-state index contributed by atoms with van der Waals surface area (Å²) in [4.78, 5) is 26.1. The van der Waals surface area contributed by atoms with Gasteiger partial charge < -0.3 is 9.73 Å². The molecule has 0 fully saturated rings. The first-order chi connectivity index (χ1) is 14.4. The van der Waals surface area contributed by atoms with Crippen molar-refractivity contribution in [3.63, 3.8) is 0 Å². The zero-order valence-corrected chi connectivity index (χ0v) is 17.9. The van der Waals surface area contributed by atoms with Crippen molar-refractivity contribution in [3.8, 4) is 0 Å². The molecule has 0 aliphatic rings. The van der Waals surface area contributed by atoms with Crippen LogP contribution in [0.25, 0.3) is 16.6 Å². The van der Waals surface area contributed by atoms with Crippen LogP contribution in [0, 0.1) is 6.92 Å². The van der Waals surface area contributed by atoms with Gasteiger partial charge in [0.2, 0.25) is 5.91 Å². The maximum Gasteiger partial charge on any atom is 0.291 e. The van der Waals surface area contributed by atoms with Crippen LogP contribution in [0.15, 0.2) is 45.6 Å². The second-order valence-electron chi connectivity index (χ2n) is 7.26. The molecule has 4 aromatic rings. The molecule has 3 heterocycles. The van der Waals surface area contributed by atoms with E-state index in [2.05, 4.69) is 10.4 Å². The van der Waals surface area contributed by atoms with Crippen LogP contribution in [0.5, 0.6) is 0 Å². The summed E-state index contributed by atoms with van der Waals surface area (Å²) < 4.78 is 8.82. The second-order valence-corrected chi connectivity index (χ2v) is 7.70. The Hall–Kier alpha value is -3.06. The zero-order chi connectivity index (χ0) is 21.4. The molecular formula is C22H23ClN4O3. The third-order valence-corrected chi connectivity index (χ3v) is 5.45. The van der Waals surface area contributed by atoms with E-state index < -0.39 is 6.04 Å². The number of benzene rings is 1. The molecule has 0 aliphatic carbocycles. The fourth-order valence-electron chi connectivity index (χ4n) is 3.70. The molecular weight excluding hydrogens is 404 g/mol. The highest BCUT2D eigenvalue weighted by molar-refractivity contribution is 6.30. The minimum absolute atomic E-state index is 0.250. The Kier molecular flexibility index (Phi) is 5.39. The number of hydrogen-bond acceptors (Lipinski definition) is 4. The number of carbonyl (C=O) groups is 1. The van der Waals surface area contributed by atoms with Crippen LogP contribution >= 0.6 is 11.6 Å². The topological polar surface area (TPSA) is 81.5 Å². The number of halogens is 1. The van der Waals surface area contributed by atoms with E-state index in [-0.39, 0.29) is 11.5 Å². The Labute approximate surface area is 178 Å². The van der Waals surface area contributed by atoms with Crippen molar-refractivity contribution in [2.24, 2.45) is 0 Å². The maximum absolute atomic E-state index is 13.2. The van der Waals surface area contributed by atoms with E-state index in [0.29, 0.717) is 41.3 Å². The lowest BCUT2D eigenvalue weighted by Gasteiger charge is -2.18. The number of carbonyl (C=O) groups excluding carboxylic acids is 1. The highest BCUT2D eigenvalue weighted by atomic mass is 35.5. The van der Waals surface area contributed by atoms with Crippen molar-refractivity contribution in [3.05, 3.63) is 68.9 Å². The predicted molar refractivity (Wildman–Crippen MR) is 116 cm³/mol. The van der Waals surface area contributed by atoms with Crippen molar-refractivity contribution in [1.82, 2.24) is 19.5 Å². The molecule has 1 aromatic carbocycles. The van der Waals surface area contributed by atoms with E-state index in [1.54, 1.807) is 18.2 Å². The number of nitrogens with one attached hydrogen (secondary N) is 1. The van der Waals surface area contributed by atoms with Crippen molar-refractivity contribution >= 4 is 34.1 Å². The average Bonchev–Trinajstić information content (AvgIpc) is 3.26. The van der Waals surface area contributed by atoms with E-state index in [1.165, 1.54) is 4.68 Å². The molecule has 3 aromatic heterocycles. The standard InChI is InChI=1S/C22H23ClN4O3/c1-4-16(21(28)24-12-14-6-8-15(23)9-7-14)27-22(29)18-11-19-17(10-13(3)30-19)26(18)20(5-2)25-27/h6-11,16H,4-5,12H2,1-3H3,(H,24,28). The smallest absolute Gasteiger partial charge is 0.291 e. The number of hydrogen-bond donors (Lipinski definition) is 1. The number of fused-ring (bicyclic) bond motifs is 3. The summed E-state index contributed by atoms with van der Waals surface area (Å²) in [6, 6.07) is 10.2. The van der Waals surface area contributed by atoms with Gasteiger partial charge in [0.15, 0.2) is 5.58 Å². The SMILES string of the molecule is CCc1nn(C(CC)C(=O)NCc2ccc(Cl)cc2)c(=O)c2cc3oc(C)cc3n12. The first-order valence-corrected chi connectivity index (χ1v) is 10.4. The molecule has 0 aliphatic heterocycles. The van der Waals surface area contributed by atoms with Crippen LogP contribution in [0.1, 0.15) is 43.5 Å². The minimum Gasteiger partial charge on any atom is -0.460 e. The van der Waals surface area contributed by atoms with Crippen molar-refractivity contribution < 1.29 is 9.21 Å². The Morgan fingerprint density at radius 3 is 2.60 bits per heavy atom. The second kappa shape index (κ2) is 7.99. The monoisotopic (exact) mass is 426 g/mol. The van der Waals surface area contributed by atoms with Gasteiger partial charge in [-0.25, -0.2) is 4.68 Å². The molecule has 8 heteroatoms. The highest BCUT2D eigenvalue weighted by Crippen LogP contribution is 2.24. The Bertz CT molecular complexity index is 1280. The summed E-state index contributed by atoms with van der Waals surface area (Å²) in [5, 5.41) is 8.10. The van der Waals surface area contributed by atoms with Crippen molar-refractivity contribution in [2.75, 3.05) is 0 Å². The van der Waals surface area contributed by atoms with Crippen LogP contribution in [0.3, 0.4) is 0 Å². The van der Waals surface area contributed by atoms with Crippen LogP contribution in [0.4, 0.5) is 0 Å². The zero-order valence-electron chi connectivity index (χ0n) is 17.1. The Morgan fingerprint density at radius 2 is 1.93 bits per heavy atom. The molecule has 0 radical (unpaired) electrons. The van der Waals surface area contributed by atoms with Crippen LogP contribution in [-0.2, 0) is 17.8 Å². The molecule has 156 valence electrons. The lowest BCUT2D eigenvalue weighted by Crippen LogP contribution is -2.39. The minimum atomic E-state index is -0.706. The molecule has 4 rings (SSSR count). The van der Waals surface area contributed by atoms with Gasteiger partial charge in [-0.05, 0) is 31.0 Å². The molecule has 0 spiro atoms. The van der Waals surface area contributed by atoms with Crippen molar-refractivity contribution in [2.45, 2.75) is 46.2 Å². The predicted octanol–water partition coefficient (Wildman–Crippen LogP) is 4.03. The molecule has 1 unspecified atom stereocenters. The number of aromatic nitrogens is 3. The van der Waals surface area contributed by atoms with Gasteiger partial charge in [0.25, 0.3) is 5.56 Å². The van der Waals surface area contributed by atoms with Gasteiger partial charge in [-0.1, -0.05) is 37.6 Å². The molecule has 0 saturated carbocycles. The van der Waals surface area contributed by atoms with Gasteiger partial charge >= 0.3 is 0 Å². The van der Waals surface area contributed by atoms with Crippen LogP contribution in [-0.4, -0.2) is 20.1 Å². The molecule has 1 N–H and O–H groups in total.